The van der Waals surface area contributed by atoms with Gasteiger partial charge < -0.3 is 5.11 Å². The summed E-state index contributed by atoms with van der Waals surface area (Å²) in [6.07, 6.45) is 1.84. The number of thiazole rings is 1. The van der Waals surface area contributed by atoms with Gasteiger partial charge in [0.15, 0.2) is 0 Å². The summed E-state index contributed by atoms with van der Waals surface area (Å²) >= 11 is 1.11. The molecule has 0 bridgehead atoms. The first kappa shape index (κ1) is 6.22. The SMILES string of the molecule is O=[C]Cc1csc(O)n1. The van der Waals surface area contributed by atoms with Crippen molar-refractivity contribution in [2.75, 3.05) is 0 Å². The van der Waals surface area contributed by atoms with Crippen molar-refractivity contribution >= 4 is 17.6 Å². The van der Waals surface area contributed by atoms with Crippen molar-refractivity contribution in [3.63, 3.8) is 0 Å². The molecule has 1 aromatic rings. The Kier molecular flexibility index (Phi) is 1.79. The van der Waals surface area contributed by atoms with Crippen molar-refractivity contribution in [3.05, 3.63) is 11.1 Å². The number of aromatic nitrogens is 1. The van der Waals surface area contributed by atoms with E-state index in [1.54, 1.807) is 11.7 Å². The molecule has 1 N–H and O–H groups in total. The van der Waals surface area contributed by atoms with Gasteiger partial charge in [-0.2, -0.15) is 0 Å². The highest BCUT2D eigenvalue weighted by molar-refractivity contribution is 7.11. The van der Waals surface area contributed by atoms with E-state index >= 15 is 0 Å². The highest BCUT2D eigenvalue weighted by Gasteiger charge is 1.97. The van der Waals surface area contributed by atoms with Crippen molar-refractivity contribution in [1.82, 2.24) is 4.98 Å². The molecule has 0 saturated carbocycles. The first-order valence-corrected chi connectivity index (χ1v) is 3.19. The summed E-state index contributed by atoms with van der Waals surface area (Å²) < 4.78 is 0. The maximum atomic E-state index is 9.74. The Morgan fingerprint density at radius 2 is 2.67 bits per heavy atom. The Morgan fingerprint density at radius 1 is 1.89 bits per heavy atom. The van der Waals surface area contributed by atoms with Crippen LogP contribution in [0.5, 0.6) is 5.19 Å². The second kappa shape index (κ2) is 2.59. The molecule has 0 aromatic carbocycles. The Balaban J connectivity index is 2.72. The molecule has 9 heavy (non-hydrogen) atoms. The zero-order valence-corrected chi connectivity index (χ0v) is 5.31. The van der Waals surface area contributed by atoms with Gasteiger partial charge in [-0.15, -0.1) is 0 Å². The molecule has 3 nitrogen and oxygen atoms in total. The second-order valence-electron chi connectivity index (χ2n) is 1.44. The monoisotopic (exact) mass is 142 g/mol. The van der Waals surface area contributed by atoms with Crippen LogP contribution < -0.4 is 0 Å². The fraction of sp³-hybridized carbons (Fsp3) is 0.200. The molecule has 0 amide bonds. The minimum absolute atomic E-state index is 0.000231. The van der Waals surface area contributed by atoms with E-state index in [0.29, 0.717) is 5.69 Å². The topological polar surface area (TPSA) is 50.2 Å². The van der Waals surface area contributed by atoms with Gasteiger partial charge in [0.1, 0.15) is 0 Å². The van der Waals surface area contributed by atoms with E-state index < -0.39 is 0 Å². The van der Waals surface area contributed by atoms with E-state index in [4.69, 9.17) is 5.11 Å². The van der Waals surface area contributed by atoms with Crippen LogP contribution >= 0.6 is 11.3 Å². The van der Waals surface area contributed by atoms with Crippen LogP contribution in [0.25, 0.3) is 0 Å². The Morgan fingerprint density at radius 3 is 3.11 bits per heavy atom. The van der Waals surface area contributed by atoms with Crippen LogP contribution in [0.15, 0.2) is 5.38 Å². The smallest absolute Gasteiger partial charge is 0.270 e. The number of nitrogens with zero attached hydrogens (tertiary/aromatic N) is 1. The van der Waals surface area contributed by atoms with Crippen LogP contribution in [-0.2, 0) is 11.2 Å². The Labute approximate surface area is 56.0 Å². The second-order valence-corrected chi connectivity index (χ2v) is 2.28. The van der Waals surface area contributed by atoms with Crippen molar-refractivity contribution < 1.29 is 9.90 Å². The van der Waals surface area contributed by atoms with Crippen molar-refractivity contribution in [3.8, 4) is 5.19 Å². The van der Waals surface area contributed by atoms with E-state index in [-0.39, 0.29) is 11.6 Å². The van der Waals surface area contributed by atoms with E-state index in [9.17, 15) is 4.79 Å². The van der Waals surface area contributed by atoms with Gasteiger partial charge in [-0.1, -0.05) is 11.3 Å². The van der Waals surface area contributed by atoms with Crippen LogP contribution in [0.1, 0.15) is 5.69 Å². The highest BCUT2D eigenvalue weighted by Crippen LogP contribution is 2.14. The molecule has 1 rings (SSSR count). The van der Waals surface area contributed by atoms with Crippen LogP contribution in [0.2, 0.25) is 0 Å². The average Bonchev–Trinajstić information content (AvgIpc) is 2.17. The van der Waals surface area contributed by atoms with Gasteiger partial charge in [0.2, 0.25) is 6.29 Å². The first-order chi connectivity index (χ1) is 4.33. The highest BCUT2D eigenvalue weighted by atomic mass is 32.1. The van der Waals surface area contributed by atoms with Gasteiger partial charge in [-0.25, -0.2) is 4.98 Å². The number of carbonyl (C=O) groups excluding carboxylic acids is 1. The molecule has 47 valence electrons. The van der Waals surface area contributed by atoms with Gasteiger partial charge in [0.05, 0.1) is 12.1 Å². The van der Waals surface area contributed by atoms with Crippen molar-refractivity contribution in [2.24, 2.45) is 0 Å². The molecule has 0 atom stereocenters. The molecule has 1 aromatic heterocycles. The molecular weight excluding hydrogens is 138 g/mol. The molecule has 0 aliphatic rings. The lowest BCUT2D eigenvalue weighted by molar-refractivity contribution is 0.469. The van der Waals surface area contributed by atoms with Gasteiger partial charge in [-0.3, -0.25) is 4.79 Å². The zero-order chi connectivity index (χ0) is 6.69. The normalized spacial score (nSPS) is 9.33. The van der Waals surface area contributed by atoms with E-state index in [0.717, 1.165) is 11.3 Å². The maximum absolute atomic E-state index is 9.74. The molecule has 0 unspecified atom stereocenters. The maximum Gasteiger partial charge on any atom is 0.270 e. The van der Waals surface area contributed by atoms with Crippen LogP contribution in [0, 0.1) is 0 Å². The Hall–Kier alpha value is -0.900. The van der Waals surface area contributed by atoms with Gasteiger partial charge in [0.25, 0.3) is 5.19 Å². The molecule has 4 heteroatoms. The van der Waals surface area contributed by atoms with Crippen molar-refractivity contribution in [2.45, 2.75) is 6.42 Å². The summed E-state index contributed by atoms with van der Waals surface area (Å²) in [6, 6.07) is 0. The van der Waals surface area contributed by atoms with Crippen LogP contribution in [0.4, 0.5) is 0 Å². The summed E-state index contributed by atoms with van der Waals surface area (Å²) in [4.78, 5) is 13.4. The summed E-state index contributed by atoms with van der Waals surface area (Å²) in [7, 11) is 0. The fourth-order valence-corrected chi connectivity index (χ4v) is 0.999. The summed E-state index contributed by atoms with van der Waals surface area (Å²) in [6.45, 7) is 0. The zero-order valence-electron chi connectivity index (χ0n) is 4.50. The third kappa shape index (κ3) is 1.50. The van der Waals surface area contributed by atoms with Crippen LogP contribution in [-0.4, -0.2) is 16.4 Å². The van der Waals surface area contributed by atoms with Gasteiger partial charge >= 0.3 is 0 Å². The molecule has 0 aliphatic heterocycles. The molecular formula is C5H4NO2S. The molecule has 0 saturated heterocycles. The summed E-state index contributed by atoms with van der Waals surface area (Å²) in [5.41, 5.74) is 0.576. The number of rotatable bonds is 2. The molecule has 0 aliphatic carbocycles. The predicted octanol–water partition coefficient (Wildman–Crippen LogP) is 0.501. The quantitative estimate of drug-likeness (QED) is 0.654. The lowest BCUT2D eigenvalue weighted by atomic mass is 10.4. The number of aromatic hydroxyl groups is 1. The van der Waals surface area contributed by atoms with E-state index in [1.165, 1.54) is 0 Å². The van der Waals surface area contributed by atoms with E-state index in [1.807, 2.05) is 0 Å². The third-order valence-electron chi connectivity index (χ3n) is 0.793. The predicted molar refractivity (Wildman–Crippen MR) is 33.2 cm³/mol. The number of hydrogen-bond donors (Lipinski definition) is 1. The minimum Gasteiger partial charge on any atom is -0.486 e. The number of hydrogen-bond acceptors (Lipinski definition) is 4. The van der Waals surface area contributed by atoms with Gasteiger partial charge in [-0.05, 0) is 0 Å². The van der Waals surface area contributed by atoms with Crippen molar-refractivity contribution in [1.29, 1.82) is 0 Å². The third-order valence-corrected chi connectivity index (χ3v) is 1.48. The average molecular weight is 142 g/mol. The molecule has 0 spiro atoms. The molecule has 1 heterocycles. The standard InChI is InChI=1S/C5H4NO2S/c7-2-1-4-3-9-5(8)6-4/h3H,1H2,(H,6,8). The lowest BCUT2D eigenvalue weighted by Gasteiger charge is -1.77. The summed E-state index contributed by atoms with van der Waals surface area (Å²) in [5.74, 6) is 0. The molecule has 0 fully saturated rings. The fourth-order valence-electron chi connectivity index (χ4n) is 0.451. The molecule has 1 radical (unpaired) electrons. The largest absolute Gasteiger partial charge is 0.486 e. The van der Waals surface area contributed by atoms with Gasteiger partial charge in [0, 0.05) is 5.38 Å². The van der Waals surface area contributed by atoms with E-state index in [2.05, 4.69) is 4.98 Å². The summed E-state index contributed by atoms with van der Waals surface area (Å²) in [5, 5.41) is 10.3. The minimum atomic E-state index is 0.000231. The van der Waals surface area contributed by atoms with Crippen LogP contribution in [0.3, 0.4) is 0 Å². The first-order valence-electron chi connectivity index (χ1n) is 2.31. The lowest BCUT2D eigenvalue weighted by Crippen LogP contribution is -1.82. The Bertz CT molecular complexity index is 208.